The van der Waals surface area contributed by atoms with E-state index in [0.29, 0.717) is 12.8 Å². The van der Waals surface area contributed by atoms with E-state index in [1.165, 1.54) is 141 Å². The van der Waals surface area contributed by atoms with Gasteiger partial charge in [0.15, 0.2) is 12.6 Å². The van der Waals surface area contributed by atoms with Gasteiger partial charge in [-0.3, -0.25) is 4.79 Å². The first-order valence-corrected chi connectivity index (χ1v) is 31.5. The first-order valence-electron chi connectivity index (χ1n) is 31.5. The summed E-state index contributed by atoms with van der Waals surface area (Å²) in [5, 5.41) is 86.2. The van der Waals surface area contributed by atoms with Crippen molar-refractivity contribution in [1.82, 2.24) is 5.32 Å². The first kappa shape index (κ1) is 71.8. The van der Waals surface area contributed by atoms with Crippen molar-refractivity contribution in [2.45, 2.75) is 319 Å². The molecule has 2 heterocycles. The quantitative estimate of drug-likeness (QED) is 0.0204. The average molecular weight is 1110 g/mol. The van der Waals surface area contributed by atoms with Crippen molar-refractivity contribution in [2.75, 3.05) is 19.8 Å². The lowest BCUT2D eigenvalue weighted by Gasteiger charge is -2.46. The van der Waals surface area contributed by atoms with E-state index < -0.39 is 86.8 Å². The summed E-state index contributed by atoms with van der Waals surface area (Å²) in [6.45, 7) is 2.57. The van der Waals surface area contributed by atoms with Crippen molar-refractivity contribution >= 4 is 5.91 Å². The molecule has 0 aromatic heterocycles. The average Bonchev–Trinajstić information content (AvgIpc) is 3.44. The number of unbranched alkanes of at least 4 members (excludes halogenated alkanes) is 27. The molecule has 2 saturated heterocycles. The van der Waals surface area contributed by atoms with Crippen molar-refractivity contribution in [1.29, 1.82) is 0 Å². The molecule has 0 bridgehead atoms. The molecule has 0 aliphatic carbocycles. The fraction of sp³-hybridized carbons (Fsp3) is 0.828. The molecule has 0 aromatic carbocycles. The number of nitrogens with one attached hydrogen (secondary N) is 1. The molecule has 2 aliphatic rings. The molecular formula is C64H115NO13. The predicted octanol–water partition coefficient (Wildman–Crippen LogP) is 11.3. The van der Waals surface area contributed by atoms with Crippen molar-refractivity contribution in [3.8, 4) is 0 Å². The number of carbonyl (C=O) groups is 1. The maximum Gasteiger partial charge on any atom is 0.220 e. The molecule has 0 aromatic rings. The fourth-order valence-electron chi connectivity index (χ4n) is 10.2. The molecule has 0 saturated carbocycles. The highest BCUT2D eigenvalue weighted by atomic mass is 16.7. The maximum absolute atomic E-state index is 13.1. The van der Waals surface area contributed by atoms with Crippen LogP contribution in [0.3, 0.4) is 0 Å². The summed E-state index contributed by atoms with van der Waals surface area (Å²) in [5.74, 6) is -0.216. The van der Waals surface area contributed by atoms with Crippen LogP contribution < -0.4 is 5.32 Å². The van der Waals surface area contributed by atoms with Gasteiger partial charge in [0, 0.05) is 6.42 Å². The van der Waals surface area contributed by atoms with E-state index >= 15 is 0 Å². The summed E-state index contributed by atoms with van der Waals surface area (Å²) < 4.78 is 22.6. The Labute approximate surface area is 473 Å². The molecule has 2 fully saturated rings. The largest absolute Gasteiger partial charge is 0.394 e. The highest BCUT2D eigenvalue weighted by molar-refractivity contribution is 5.76. The Morgan fingerprint density at radius 3 is 1.33 bits per heavy atom. The fourth-order valence-corrected chi connectivity index (χ4v) is 10.2. The van der Waals surface area contributed by atoms with Crippen LogP contribution >= 0.6 is 0 Å². The maximum atomic E-state index is 13.1. The number of aliphatic hydroxyl groups is 8. The van der Waals surface area contributed by atoms with Gasteiger partial charge in [-0.2, -0.15) is 0 Å². The molecule has 12 unspecified atom stereocenters. The van der Waals surface area contributed by atoms with Gasteiger partial charge in [0.05, 0.1) is 32.0 Å². The summed E-state index contributed by atoms with van der Waals surface area (Å²) >= 11 is 0. The molecule has 2 aliphatic heterocycles. The molecular weight excluding hydrogens is 991 g/mol. The second-order valence-corrected chi connectivity index (χ2v) is 22.2. The van der Waals surface area contributed by atoms with E-state index in [-0.39, 0.29) is 12.5 Å². The molecule has 14 nitrogen and oxygen atoms in total. The van der Waals surface area contributed by atoms with Crippen LogP contribution in [-0.4, -0.2) is 140 Å². The Bertz CT molecular complexity index is 1540. The molecule has 14 heteroatoms. The summed E-state index contributed by atoms with van der Waals surface area (Å²) in [5.41, 5.74) is 0. The van der Waals surface area contributed by atoms with E-state index in [9.17, 15) is 45.6 Å². The minimum Gasteiger partial charge on any atom is -0.394 e. The molecule has 78 heavy (non-hydrogen) atoms. The van der Waals surface area contributed by atoms with Gasteiger partial charge < -0.3 is 65.1 Å². The number of amides is 1. The SMILES string of the molecule is CC/C=C\C/C=C\C/C=C\C/C=C\C/C=C\CCCCCCCCCCCCCCCCCCCCCCCCCCCC(=O)NC(COC1OC(CO)C(OC2OC(CO)C(O)C(O)C2O)C(O)C1O)C(O)CCCCC. The van der Waals surface area contributed by atoms with Gasteiger partial charge in [0.2, 0.25) is 5.91 Å². The number of hydrogen-bond donors (Lipinski definition) is 9. The number of allylic oxidation sites excluding steroid dienone is 10. The Morgan fingerprint density at radius 2 is 0.885 bits per heavy atom. The van der Waals surface area contributed by atoms with Crippen LogP contribution in [0.25, 0.3) is 0 Å². The lowest BCUT2D eigenvalue weighted by atomic mass is 9.97. The Hall–Kier alpha value is -2.31. The first-order chi connectivity index (χ1) is 38.1. The Kier molecular flexibility index (Phi) is 45.4. The summed E-state index contributed by atoms with van der Waals surface area (Å²) in [6.07, 6.45) is 48.3. The Morgan fingerprint density at radius 1 is 0.474 bits per heavy atom. The highest BCUT2D eigenvalue weighted by Crippen LogP contribution is 2.30. The predicted molar refractivity (Wildman–Crippen MR) is 314 cm³/mol. The van der Waals surface area contributed by atoms with Gasteiger partial charge in [-0.1, -0.05) is 242 Å². The summed E-state index contributed by atoms with van der Waals surface area (Å²) in [4.78, 5) is 13.1. The Balaban J connectivity index is 1.42. The lowest BCUT2D eigenvalue weighted by Crippen LogP contribution is -2.65. The van der Waals surface area contributed by atoms with E-state index in [0.717, 1.165) is 77.0 Å². The van der Waals surface area contributed by atoms with Crippen LogP contribution in [0.15, 0.2) is 60.8 Å². The molecule has 2 rings (SSSR count). The standard InChI is InChI=1S/C64H115NO13/c1-3-5-7-8-9-10-11-12-13-14-15-16-17-18-19-20-21-22-23-24-25-26-27-28-29-30-31-32-33-34-35-36-37-38-39-40-41-42-43-44-46-48-56(69)65-52(53(68)47-45-6-4-2)51-75-63-61(74)59(72)62(55(50-67)77-63)78-64-60(73)58(71)57(70)54(49-66)76-64/h5,7,9-10,12-13,15-16,18-19,52-55,57-64,66-68,70-74H,3-4,6,8,11,14,17,20-51H2,1-2H3,(H,65,69)/b7-5-,10-9-,13-12-,16-15-,19-18-. The monoisotopic (exact) mass is 1110 g/mol. The van der Waals surface area contributed by atoms with E-state index in [4.69, 9.17) is 18.9 Å². The van der Waals surface area contributed by atoms with Crippen LogP contribution in [0.5, 0.6) is 0 Å². The second-order valence-electron chi connectivity index (χ2n) is 22.2. The number of carbonyl (C=O) groups excluding carboxylic acids is 1. The van der Waals surface area contributed by atoms with Gasteiger partial charge in [-0.15, -0.1) is 0 Å². The van der Waals surface area contributed by atoms with Crippen molar-refractivity contribution < 1.29 is 64.6 Å². The zero-order chi connectivity index (χ0) is 56.7. The minimum absolute atomic E-state index is 0.216. The summed E-state index contributed by atoms with van der Waals surface area (Å²) in [7, 11) is 0. The third kappa shape index (κ3) is 34.2. The summed E-state index contributed by atoms with van der Waals surface area (Å²) in [6, 6.07) is -0.823. The number of ether oxygens (including phenoxy) is 4. The van der Waals surface area contributed by atoms with Crippen molar-refractivity contribution in [3.05, 3.63) is 60.8 Å². The van der Waals surface area contributed by atoms with Gasteiger partial charge >= 0.3 is 0 Å². The lowest BCUT2D eigenvalue weighted by molar-refractivity contribution is -0.359. The van der Waals surface area contributed by atoms with Gasteiger partial charge in [0.25, 0.3) is 0 Å². The van der Waals surface area contributed by atoms with E-state index in [2.05, 4.69) is 79.9 Å². The molecule has 12 atom stereocenters. The van der Waals surface area contributed by atoms with Gasteiger partial charge in [0.1, 0.15) is 48.8 Å². The molecule has 9 N–H and O–H groups in total. The smallest absolute Gasteiger partial charge is 0.220 e. The third-order valence-corrected chi connectivity index (χ3v) is 15.2. The van der Waals surface area contributed by atoms with Crippen LogP contribution in [-0.2, 0) is 23.7 Å². The topological polar surface area (TPSA) is 228 Å². The van der Waals surface area contributed by atoms with Crippen molar-refractivity contribution in [2.24, 2.45) is 0 Å². The van der Waals surface area contributed by atoms with Crippen molar-refractivity contribution in [3.63, 3.8) is 0 Å². The van der Waals surface area contributed by atoms with Gasteiger partial charge in [-0.25, -0.2) is 0 Å². The number of rotatable bonds is 50. The highest BCUT2D eigenvalue weighted by Gasteiger charge is 2.51. The van der Waals surface area contributed by atoms with Crippen LogP contribution in [0, 0.1) is 0 Å². The zero-order valence-corrected chi connectivity index (χ0v) is 48.9. The zero-order valence-electron chi connectivity index (χ0n) is 48.9. The minimum atomic E-state index is -1.78. The van der Waals surface area contributed by atoms with Crippen LogP contribution in [0.2, 0.25) is 0 Å². The van der Waals surface area contributed by atoms with Crippen LogP contribution in [0.4, 0.5) is 0 Å². The normalized spacial score (nSPS) is 24.9. The molecule has 1 amide bonds. The molecule has 454 valence electrons. The van der Waals surface area contributed by atoms with E-state index in [1.807, 2.05) is 0 Å². The molecule has 0 radical (unpaired) electrons. The van der Waals surface area contributed by atoms with Crippen LogP contribution in [0.1, 0.15) is 245 Å². The van der Waals surface area contributed by atoms with Gasteiger partial charge in [-0.05, 0) is 57.8 Å². The third-order valence-electron chi connectivity index (χ3n) is 15.2. The second kappa shape index (κ2) is 49.3. The number of hydrogen-bond acceptors (Lipinski definition) is 13. The molecule has 0 spiro atoms. The van der Waals surface area contributed by atoms with E-state index in [1.54, 1.807) is 0 Å². The number of aliphatic hydroxyl groups excluding tert-OH is 8.